The summed E-state index contributed by atoms with van der Waals surface area (Å²) < 4.78 is 2.07. The first kappa shape index (κ1) is 12.9. The smallest absolute Gasteiger partial charge is 0.0998 e. The Bertz CT molecular complexity index is 727. The highest BCUT2D eigenvalue weighted by Gasteiger charge is 2.11. The lowest BCUT2D eigenvalue weighted by Crippen LogP contribution is -1.96. The Hall–Kier alpha value is -2.54. The number of nitrogens with zero attached hydrogens (tertiary/aromatic N) is 3. The summed E-state index contributed by atoms with van der Waals surface area (Å²) in [6, 6.07) is 8.20. The summed E-state index contributed by atoms with van der Waals surface area (Å²) in [5.41, 5.74) is 9.99. The van der Waals surface area contributed by atoms with Crippen LogP contribution in [0, 0.1) is 18.3 Å². The van der Waals surface area contributed by atoms with E-state index in [-0.39, 0.29) is 0 Å². The molecule has 0 bridgehead atoms. The van der Waals surface area contributed by atoms with Gasteiger partial charge in [0.05, 0.1) is 11.6 Å². The van der Waals surface area contributed by atoms with Gasteiger partial charge < -0.3 is 10.3 Å². The normalized spacial score (nSPS) is 12.2. The van der Waals surface area contributed by atoms with Crippen molar-refractivity contribution in [3.63, 3.8) is 0 Å². The highest BCUT2D eigenvalue weighted by molar-refractivity contribution is 6.11. The van der Waals surface area contributed by atoms with E-state index in [4.69, 9.17) is 5.73 Å². The second-order valence-electron chi connectivity index (χ2n) is 4.42. The predicted molar refractivity (Wildman–Crippen MR) is 79.0 cm³/mol. The summed E-state index contributed by atoms with van der Waals surface area (Å²) in [6.45, 7) is 2.04. The maximum absolute atomic E-state index is 9.32. The van der Waals surface area contributed by atoms with Crippen LogP contribution in [0.25, 0.3) is 16.5 Å². The maximum Gasteiger partial charge on any atom is 0.0998 e. The van der Waals surface area contributed by atoms with E-state index in [2.05, 4.69) is 21.7 Å². The second kappa shape index (κ2) is 4.99. The Morgan fingerprint density at radius 1 is 1.42 bits per heavy atom. The van der Waals surface area contributed by atoms with Gasteiger partial charge in [-0.25, -0.2) is 0 Å². The molecule has 0 radical (unpaired) electrons. The molecule has 0 atom stereocenters. The summed E-state index contributed by atoms with van der Waals surface area (Å²) in [5, 5.41) is 10.4. The van der Waals surface area contributed by atoms with E-state index in [0.29, 0.717) is 5.56 Å². The lowest BCUT2D eigenvalue weighted by Gasteiger charge is -2.06. The van der Waals surface area contributed by atoms with Crippen molar-refractivity contribution in [2.24, 2.45) is 17.8 Å². The number of fused-ring (bicyclic) bond motifs is 1. The van der Waals surface area contributed by atoms with Gasteiger partial charge in [0.25, 0.3) is 0 Å². The van der Waals surface area contributed by atoms with Gasteiger partial charge in [-0.15, -0.1) is 0 Å². The van der Waals surface area contributed by atoms with Gasteiger partial charge in [0.1, 0.15) is 0 Å². The first-order valence-corrected chi connectivity index (χ1v) is 5.97. The van der Waals surface area contributed by atoms with Crippen LogP contribution in [0.5, 0.6) is 0 Å². The van der Waals surface area contributed by atoms with E-state index in [1.165, 1.54) is 6.20 Å². The van der Waals surface area contributed by atoms with Gasteiger partial charge in [-0.3, -0.25) is 4.99 Å². The van der Waals surface area contributed by atoms with Crippen LogP contribution >= 0.6 is 0 Å². The highest BCUT2D eigenvalue weighted by Crippen LogP contribution is 2.26. The van der Waals surface area contributed by atoms with Crippen LogP contribution in [0.4, 0.5) is 0 Å². The van der Waals surface area contributed by atoms with Crippen LogP contribution < -0.4 is 5.73 Å². The molecule has 4 heteroatoms. The van der Waals surface area contributed by atoms with Crippen molar-refractivity contribution in [3.8, 4) is 6.07 Å². The lowest BCUT2D eigenvalue weighted by molar-refractivity contribution is 0.918. The number of nitrogens with two attached hydrogens (primary N) is 1. The molecule has 0 amide bonds. The highest BCUT2D eigenvalue weighted by atomic mass is 14.9. The summed E-state index contributed by atoms with van der Waals surface area (Å²) in [7, 11) is 3.67. The summed E-state index contributed by atoms with van der Waals surface area (Å²) in [5.74, 6) is 0. The number of benzene rings is 1. The molecule has 19 heavy (non-hydrogen) atoms. The van der Waals surface area contributed by atoms with Crippen molar-refractivity contribution in [2.75, 3.05) is 7.05 Å². The van der Waals surface area contributed by atoms with E-state index in [1.54, 1.807) is 13.3 Å². The van der Waals surface area contributed by atoms with Crippen LogP contribution in [0.1, 0.15) is 16.8 Å². The van der Waals surface area contributed by atoms with Crippen LogP contribution in [-0.2, 0) is 7.05 Å². The minimum Gasteiger partial charge on any atom is -0.404 e. The molecule has 2 aromatic rings. The molecule has 0 fully saturated rings. The standard InChI is InChI=1S/C15H16N4/c1-10-4-11-5-14(13(8-17)9-18-2)12(7-16)6-15(11)19(10)3/h4-6,8-9H,17H2,1-3H3. The predicted octanol–water partition coefficient (Wildman–Crippen LogP) is 2.36. The molecule has 0 spiro atoms. The van der Waals surface area contributed by atoms with E-state index in [9.17, 15) is 5.26 Å². The number of aryl methyl sites for hydroxylation is 2. The fraction of sp³-hybridized carbons (Fsp3) is 0.200. The molecule has 96 valence electrons. The molecule has 1 aromatic heterocycles. The molecule has 0 unspecified atom stereocenters. The third-order valence-electron chi connectivity index (χ3n) is 3.30. The Kier molecular flexibility index (Phi) is 3.39. The SMILES string of the molecule is CN=CC(=CN)c1cc2cc(C)n(C)c2cc1C#N. The van der Waals surface area contributed by atoms with E-state index < -0.39 is 0 Å². The van der Waals surface area contributed by atoms with Crippen LogP contribution in [0.15, 0.2) is 29.4 Å². The van der Waals surface area contributed by atoms with Crippen LogP contribution in [0.3, 0.4) is 0 Å². The Balaban J connectivity index is 2.78. The fourth-order valence-corrected chi connectivity index (χ4v) is 2.20. The third kappa shape index (κ3) is 2.11. The number of aromatic nitrogens is 1. The average molecular weight is 252 g/mol. The number of allylic oxidation sites excluding steroid dienone is 1. The first-order chi connectivity index (χ1) is 9.12. The number of aliphatic imine (C=N–C) groups is 1. The van der Waals surface area contributed by atoms with Gasteiger partial charge in [-0.05, 0) is 25.1 Å². The van der Waals surface area contributed by atoms with E-state index in [1.807, 2.05) is 26.1 Å². The molecule has 0 aliphatic heterocycles. The molecule has 0 saturated heterocycles. The quantitative estimate of drug-likeness (QED) is 0.834. The van der Waals surface area contributed by atoms with Gasteiger partial charge in [-0.1, -0.05) is 0 Å². The Morgan fingerprint density at radius 2 is 2.16 bits per heavy atom. The minimum absolute atomic E-state index is 0.602. The molecule has 1 heterocycles. The van der Waals surface area contributed by atoms with Crippen LogP contribution in [0.2, 0.25) is 0 Å². The van der Waals surface area contributed by atoms with Crippen molar-refractivity contribution < 1.29 is 0 Å². The Morgan fingerprint density at radius 3 is 2.74 bits per heavy atom. The second-order valence-corrected chi connectivity index (χ2v) is 4.42. The van der Waals surface area contributed by atoms with Gasteiger partial charge in [0.2, 0.25) is 0 Å². The van der Waals surface area contributed by atoms with Crippen molar-refractivity contribution in [1.29, 1.82) is 5.26 Å². The van der Waals surface area contributed by atoms with Crippen molar-refractivity contribution in [1.82, 2.24) is 4.57 Å². The number of hydrogen-bond donors (Lipinski definition) is 1. The molecular weight excluding hydrogens is 236 g/mol. The fourth-order valence-electron chi connectivity index (χ4n) is 2.20. The number of hydrogen-bond acceptors (Lipinski definition) is 3. The summed E-state index contributed by atoms with van der Waals surface area (Å²) in [6.07, 6.45) is 3.14. The lowest BCUT2D eigenvalue weighted by atomic mass is 9.99. The topological polar surface area (TPSA) is 67.1 Å². The largest absolute Gasteiger partial charge is 0.404 e. The zero-order valence-corrected chi connectivity index (χ0v) is 11.3. The maximum atomic E-state index is 9.32. The molecule has 4 nitrogen and oxygen atoms in total. The van der Waals surface area contributed by atoms with Crippen molar-refractivity contribution in [3.05, 3.63) is 41.2 Å². The molecule has 2 N–H and O–H groups in total. The summed E-state index contributed by atoms with van der Waals surface area (Å²) >= 11 is 0. The summed E-state index contributed by atoms with van der Waals surface area (Å²) in [4.78, 5) is 3.97. The monoisotopic (exact) mass is 252 g/mol. The number of rotatable bonds is 2. The minimum atomic E-state index is 0.602. The zero-order valence-electron chi connectivity index (χ0n) is 11.3. The first-order valence-electron chi connectivity index (χ1n) is 5.97. The molecule has 2 rings (SSSR count). The molecular formula is C15H16N4. The van der Waals surface area contributed by atoms with Crippen molar-refractivity contribution >= 4 is 22.7 Å². The van der Waals surface area contributed by atoms with Crippen LogP contribution in [-0.4, -0.2) is 17.8 Å². The van der Waals surface area contributed by atoms with Gasteiger partial charge in [0.15, 0.2) is 0 Å². The van der Waals surface area contributed by atoms with Gasteiger partial charge in [-0.2, -0.15) is 5.26 Å². The average Bonchev–Trinajstić information content (AvgIpc) is 2.70. The van der Waals surface area contributed by atoms with Crippen molar-refractivity contribution in [2.45, 2.75) is 6.92 Å². The molecule has 1 aromatic carbocycles. The zero-order chi connectivity index (χ0) is 14.0. The third-order valence-corrected chi connectivity index (χ3v) is 3.30. The van der Waals surface area contributed by atoms with E-state index in [0.717, 1.165) is 27.7 Å². The Labute approximate surface area is 112 Å². The molecule has 0 saturated carbocycles. The molecule has 0 aliphatic carbocycles. The van der Waals surface area contributed by atoms with Gasteiger partial charge >= 0.3 is 0 Å². The van der Waals surface area contributed by atoms with Gasteiger partial charge in [0, 0.05) is 54.2 Å². The van der Waals surface area contributed by atoms with E-state index >= 15 is 0 Å². The molecule has 0 aliphatic rings. The number of nitriles is 1.